The lowest BCUT2D eigenvalue weighted by molar-refractivity contribution is -0.379. The zero-order chi connectivity index (χ0) is 76.7. The molecule has 1 amide bonds. The maximum atomic E-state index is 13.5. The van der Waals surface area contributed by atoms with Crippen LogP contribution in [-0.2, 0) is 33.2 Å². The molecule has 0 aliphatic carbocycles. The highest BCUT2D eigenvalue weighted by atomic mass is 16.8. The van der Waals surface area contributed by atoms with Gasteiger partial charge in [0, 0.05) is 6.42 Å². The lowest BCUT2D eigenvalue weighted by atomic mass is 9.96. The van der Waals surface area contributed by atoms with Crippen molar-refractivity contribution in [3.05, 3.63) is 122 Å². The summed E-state index contributed by atoms with van der Waals surface area (Å²) in [5.41, 5.74) is 0. The van der Waals surface area contributed by atoms with E-state index in [0.29, 0.717) is 12.8 Å². The van der Waals surface area contributed by atoms with Crippen molar-refractivity contribution in [1.29, 1.82) is 0 Å². The van der Waals surface area contributed by atoms with Crippen LogP contribution in [0, 0.1) is 0 Å². The molecule has 17 unspecified atom stereocenters. The average molecular weight is 1500 g/mol. The fourth-order valence-corrected chi connectivity index (χ4v) is 13.3. The Morgan fingerprint density at radius 1 is 0.349 bits per heavy atom. The van der Waals surface area contributed by atoms with E-state index in [9.17, 15) is 61.0 Å². The molecule has 3 heterocycles. The third-order valence-electron chi connectivity index (χ3n) is 20.0. The summed E-state index contributed by atoms with van der Waals surface area (Å²) in [7, 11) is 0. The number of nitrogens with one attached hydrogen (secondary N) is 1. The first-order valence-electron chi connectivity index (χ1n) is 41.8. The molecule has 3 fully saturated rings. The molecule has 19 nitrogen and oxygen atoms in total. The lowest BCUT2D eigenvalue weighted by Gasteiger charge is -2.48. The number of hydrogen-bond acceptors (Lipinski definition) is 18. The number of aliphatic hydroxyl groups is 11. The topological polar surface area (TPSA) is 307 Å². The van der Waals surface area contributed by atoms with Crippen LogP contribution in [-0.4, -0.2) is 193 Å². The summed E-state index contributed by atoms with van der Waals surface area (Å²) >= 11 is 0. The molecule has 0 radical (unpaired) electrons. The van der Waals surface area contributed by atoms with Gasteiger partial charge in [0.05, 0.1) is 38.6 Å². The molecule has 0 spiro atoms. The van der Waals surface area contributed by atoms with Gasteiger partial charge in [0.2, 0.25) is 5.91 Å². The van der Waals surface area contributed by atoms with E-state index in [1.54, 1.807) is 6.08 Å². The molecule has 0 aromatic heterocycles. The van der Waals surface area contributed by atoms with Gasteiger partial charge in [-0.15, -0.1) is 0 Å². The minimum Gasteiger partial charge on any atom is -0.394 e. The van der Waals surface area contributed by atoms with E-state index < -0.39 is 124 Å². The number of carbonyl (C=O) groups is 1. The number of hydrogen-bond donors (Lipinski definition) is 12. The van der Waals surface area contributed by atoms with E-state index in [1.807, 2.05) is 6.08 Å². The van der Waals surface area contributed by atoms with E-state index >= 15 is 0 Å². The molecule has 19 heteroatoms. The van der Waals surface area contributed by atoms with Gasteiger partial charge in [-0.05, 0) is 103 Å². The third kappa shape index (κ3) is 44.9. The predicted octanol–water partition coefficient (Wildman–Crippen LogP) is 14.7. The summed E-state index contributed by atoms with van der Waals surface area (Å²) < 4.78 is 34.4. The molecule has 3 aliphatic rings. The Bertz CT molecular complexity index is 2390. The fourth-order valence-electron chi connectivity index (χ4n) is 13.3. The summed E-state index contributed by atoms with van der Waals surface area (Å²) in [6.45, 7) is 1.60. The van der Waals surface area contributed by atoms with Crippen molar-refractivity contribution in [3.8, 4) is 0 Å². The van der Waals surface area contributed by atoms with Gasteiger partial charge in [0.1, 0.15) is 73.2 Å². The first kappa shape index (κ1) is 96.4. The number of allylic oxidation sites excluding steroid dienone is 19. The Hall–Kier alpha value is -3.81. The second-order valence-corrected chi connectivity index (χ2v) is 29.2. The van der Waals surface area contributed by atoms with Crippen LogP contribution in [0.1, 0.15) is 290 Å². The normalized spacial score (nSPS) is 26.3. The van der Waals surface area contributed by atoms with Crippen LogP contribution in [0.5, 0.6) is 0 Å². The van der Waals surface area contributed by atoms with Crippen molar-refractivity contribution >= 4 is 5.91 Å². The van der Waals surface area contributed by atoms with Crippen molar-refractivity contribution < 1.29 is 89.4 Å². The van der Waals surface area contributed by atoms with Gasteiger partial charge in [0.15, 0.2) is 18.9 Å². The number of ether oxygens (including phenoxy) is 6. The minimum atomic E-state index is -1.99. The number of rotatable bonds is 65. The molecule has 12 N–H and O–H groups in total. The van der Waals surface area contributed by atoms with Gasteiger partial charge in [-0.1, -0.05) is 302 Å². The standard InChI is InChI=1S/C87H149NO18/c1-3-5-7-9-11-13-15-17-19-21-23-25-27-29-31-33-34-35-37-38-40-42-44-46-48-50-52-54-56-58-60-62-64-71(92)70(88-75(93)65-63-61-59-57-55-53-51-49-47-45-43-41-39-36-32-30-28-26-24-22-20-18-16-14-12-10-8-6-4-2)69-101-85-81(99)78(96)83(73(67-90)103-85)106-87-82(100)79(97)84(74(68-91)104-87)105-86-80(98)77(95)76(94)72(66-89)102-86/h6,8,12,14,18,20,24,26,30,32,39,41,45-48,54,56,62,64,70-74,76-87,89-92,94-100H,3-5,7,9-11,13,15-17,19,21-23,25,27-29,31,33-38,40,42-44,49-53,55,57-61,63,65-69H2,1-2H3,(H,88,93)/b8-6-,14-12-,20-18-,26-24-,32-30-,41-39-,47-45-,48-46+,56-54+,64-62+. The van der Waals surface area contributed by atoms with Crippen LogP contribution in [0.4, 0.5) is 0 Å². The van der Waals surface area contributed by atoms with Gasteiger partial charge in [-0.3, -0.25) is 4.79 Å². The van der Waals surface area contributed by atoms with Gasteiger partial charge < -0.3 is 89.9 Å². The van der Waals surface area contributed by atoms with E-state index in [4.69, 9.17) is 28.4 Å². The molecule has 106 heavy (non-hydrogen) atoms. The molecule has 3 rings (SSSR count). The van der Waals surface area contributed by atoms with E-state index in [2.05, 4.69) is 129 Å². The summed E-state index contributed by atoms with van der Waals surface area (Å²) in [6.07, 6.45) is 66.2. The average Bonchev–Trinajstić information content (AvgIpc) is 0.781. The molecule has 0 bridgehead atoms. The number of carbonyl (C=O) groups excluding carboxylic acids is 1. The van der Waals surface area contributed by atoms with Gasteiger partial charge in [-0.2, -0.15) is 0 Å². The molecule has 0 saturated carbocycles. The van der Waals surface area contributed by atoms with Crippen molar-refractivity contribution in [2.24, 2.45) is 0 Å². The van der Waals surface area contributed by atoms with Gasteiger partial charge >= 0.3 is 0 Å². The number of aliphatic hydroxyl groups excluding tert-OH is 11. The Labute approximate surface area is 639 Å². The van der Waals surface area contributed by atoms with E-state index in [1.165, 1.54) is 141 Å². The number of amides is 1. The summed E-state index contributed by atoms with van der Waals surface area (Å²) in [5.74, 6) is -0.304. The molecule has 3 saturated heterocycles. The second kappa shape index (κ2) is 65.9. The van der Waals surface area contributed by atoms with Gasteiger partial charge in [0.25, 0.3) is 0 Å². The predicted molar refractivity (Wildman–Crippen MR) is 424 cm³/mol. The summed E-state index contributed by atoms with van der Waals surface area (Å²) in [6, 6.07) is -1.01. The van der Waals surface area contributed by atoms with Crippen LogP contribution >= 0.6 is 0 Å². The Morgan fingerprint density at radius 3 is 1.06 bits per heavy atom. The van der Waals surface area contributed by atoms with Crippen LogP contribution in [0.3, 0.4) is 0 Å². The maximum Gasteiger partial charge on any atom is 0.220 e. The molecular weight excluding hydrogens is 1350 g/mol. The Balaban J connectivity index is 1.39. The molecular formula is C87H149NO18. The summed E-state index contributed by atoms with van der Waals surface area (Å²) in [4.78, 5) is 13.5. The largest absolute Gasteiger partial charge is 0.394 e. The van der Waals surface area contributed by atoms with Crippen molar-refractivity contribution in [2.75, 3.05) is 26.4 Å². The maximum absolute atomic E-state index is 13.5. The highest BCUT2D eigenvalue weighted by molar-refractivity contribution is 5.76. The highest BCUT2D eigenvalue weighted by Gasteiger charge is 2.54. The van der Waals surface area contributed by atoms with Crippen LogP contribution < -0.4 is 5.32 Å². The molecule has 0 aromatic rings. The Morgan fingerprint density at radius 2 is 0.660 bits per heavy atom. The van der Waals surface area contributed by atoms with Crippen LogP contribution in [0.25, 0.3) is 0 Å². The molecule has 3 aliphatic heterocycles. The second-order valence-electron chi connectivity index (χ2n) is 29.2. The highest BCUT2D eigenvalue weighted by Crippen LogP contribution is 2.33. The quantitative estimate of drug-likeness (QED) is 0.0199. The van der Waals surface area contributed by atoms with Crippen molar-refractivity contribution in [2.45, 2.75) is 394 Å². The SMILES string of the molecule is CC/C=C\C/C=C\C/C=C\C/C=C\C/C=C\C/C=C\C/C=C\CCCCCCCCCC(=O)NC(COC1OC(CO)C(OC2OC(CO)C(OC3OC(CO)C(O)C(O)C3O)C(O)C2O)C(O)C1O)C(O)/C=C/CC/C=C/CC/C=C/CCCCCCCCCCCCCCCCCCCCCCCC. The Kier molecular flexibility index (Phi) is 59.9. The smallest absolute Gasteiger partial charge is 0.220 e. The first-order chi connectivity index (χ1) is 51.8. The minimum absolute atomic E-state index is 0.211. The van der Waals surface area contributed by atoms with E-state index in [0.717, 1.165) is 116 Å². The zero-order valence-electron chi connectivity index (χ0n) is 65.4. The fraction of sp³-hybridized carbons (Fsp3) is 0.759. The van der Waals surface area contributed by atoms with Crippen LogP contribution in [0.2, 0.25) is 0 Å². The molecule has 17 atom stereocenters. The van der Waals surface area contributed by atoms with Crippen LogP contribution in [0.15, 0.2) is 122 Å². The van der Waals surface area contributed by atoms with Crippen molar-refractivity contribution in [3.63, 3.8) is 0 Å². The van der Waals surface area contributed by atoms with E-state index in [-0.39, 0.29) is 18.9 Å². The molecule has 0 aromatic carbocycles. The molecule has 610 valence electrons. The lowest BCUT2D eigenvalue weighted by Crippen LogP contribution is -2.66. The first-order valence-corrected chi connectivity index (χ1v) is 41.8. The summed E-state index contributed by atoms with van der Waals surface area (Å²) in [5, 5.41) is 121. The zero-order valence-corrected chi connectivity index (χ0v) is 65.4. The number of unbranched alkanes of at least 4 members (excludes halogenated alkanes) is 31. The third-order valence-corrected chi connectivity index (χ3v) is 20.0. The van der Waals surface area contributed by atoms with Gasteiger partial charge in [-0.25, -0.2) is 0 Å². The van der Waals surface area contributed by atoms with Crippen molar-refractivity contribution in [1.82, 2.24) is 5.32 Å². The monoisotopic (exact) mass is 1500 g/mol.